The van der Waals surface area contributed by atoms with E-state index in [1.165, 1.54) is 12.1 Å². The zero-order chi connectivity index (χ0) is 10.8. The van der Waals surface area contributed by atoms with Gasteiger partial charge in [-0.3, -0.25) is 0 Å². The van der Waals surface area contributed by atoms with Crippen molar-refractivity contribution in [1.29, 1.82) is 5.41 Å². The van der Waals surface area contributed by atoms with E-state index < -0.39 is 11.9 Å². The van der Waals surface area contributed by atoms with Crippen LogP contribution in [0.2, 0.25) is 0 Å². The van der Waals surface area contributed by atoms with Gasteiger partial charge in [-0.15, -0.1) is 0 Å². The maximum absolute atomic E-state index is 11.2. The van der Waals surface area contributed by atoms with Crippen LogP contribution in [0.3, 0.4) is 0 Å². The normalized spacial score (nSPS) is 13.3. The highest BCUT2D eigenvalue weighted by Crippen LogP contribution is 2.24. The summed E-state index contributed by atoms with van der Waals surface area (Å²) in [6.07, 6.45) is 1.09. The Morgan fingerprint density at radius 2 is 2.00 bits per heavy atom. The molecule has 1 aromatic rings. The quantitative estimate of drug-likeness (QED) is 0.454. The highest BCUT2D eigenvalue weighted by molar-refractivity contribution is 6.14. The van der Waals surface area contributed by atoms with Crippen LogP contribution in [0.15, 0.2) is 18.2 Å². The molecule has 1 N–H and O–H groups in total. The van der Waals surface area contributed by atoms with Crippen molar-refractivity contribution in [2.45, 2.75) is 0 Å². The van der Waals surface area contributed by atoms with E-state index >= 15 is 0 Å². The Morgan fingerprint density at radius 1 is 1.27 bits per heavy atom. The number of hydrogen-bond acceptors (Lipinski definition) is 5. The van der Waals surface area contributed by atoms with Gasteiger partial charge in [-0.05, 0) is 18.2 Å². The summed E-state index contributed by atoms with van der Waals surface area (Å²) >= 11 is 0. The van der Waals surface area contributed by atoms with Gasteiger partial charge in [0.25, 0.3) is 0 Å². The third-order valence-corrected chi connectivity index (χ3v) is 1.95. The minimum absolute atomic E-state index is 0.127. The van der Waals surface area contributed by atoms with Crippen molar-refractivity contribution in [3.63, 3.8) is 0 Å². The molecule has 0 atom stereocenters. The second-order valence-corrected chi connectivity index (χ2v) is 2.90. The van der Waals surface area contributed by atoms with E-state index in [2.05, 4.69) is 4.74 Å². The predicted octanol–water partition coefficient (Wildman–Crippen LogP) is 1.03. The number of carbonyl (C=O) groups is 2. The van der Waals surface area contributed by atoms with Gasteiger partial charge < -0.3 is 14.9 Å². The standard InChI is InChI=1S/C10H7NO4/c11-3-4-14-6-1-2-7-8(5-6)10(13)15-9(7)12/h1-3,5,11H,4H2. The topological polar surface area (TPSA) is 76.4 Å². The Balaban J connectivity index is 2.34. The number of benzene rings is 1. The van der Waals surface area contributed by atoms with Crippen molar-refractivity contribution in [2.75, 3.05) is 6.61 Å². The highest BCUT2D eigenvalue weighted by Gasteiger charge is 2.29. The first-order chi connectivity index (χ1) is 7.22. The lowest BCUT2D eigenvalue weighted by Crippen LogP contribution is -1.99. The Labute approximate surface area is 85.1 Å². The second-order valence-electron chi connectivity index (χ2n) is 2.90. The Kier molecular flexibility index (Phi) is 2.21. The summed E-state index contributed by atoms with van der Waals surface area (Å²) in [7, 11) is 0. The van der Waals surface area contributed by atoms with Crippen molar-refractivity contribution in [2.24, 2.45) is 0 Å². The Bertz CT molecular complexity index is 453. The van der Waals surface area contributed by atoms with Crippen LogP contribution < -0.4 is 4.74 Å². The third kappa shape index (κ3) is 1.59. The summed E-state index contributed by atoms with van der Waals surface area (Å²) in [6.45, 7) is 0.127. The van der Waals surface area contributed by atoms with Crippen molar-refractivity contribution in [3.05, 3.63) is 29.3 Å². The largest absolute Gasteiger partial charge is 0.488 e. The van der Waals surface area contributed by atoms with Gasteiger partial charge >= 0.3 is 11.9 Å². The molecule has 15 heavy (non-hydrogen) atoms. The molecule has 5 nitrogen and oxygen atoms in total. The molecule has 0 aliphatic carbocycles. The van der Waals surface area contributed by atoms with E-state index in [9.17, 15) is 9.59 Å². The zero-order valence-electron chi connectivity index (χ0n) is 7.65. The average molecular weight is 205 g/mol. The fraction of sp³-hybridized carbons (Fsp3) is 0.100. The summed E-state index contributed by atoms with van der Waals surface area (Å²) in [6, 6.07) is 4.47. The van der Waals surface area contributed by atoms with E-state index in [0.717, 1.165) is 6.21 Å². The van der Waals surface area contributed by atoms with E-state index in [-0.39, 0.29) is 17.7 Å². The van der Waals surface area contributed by atoms with Gasteiger partial charge in [0.2, 0.25) is 0 Å². The number of carbonyl (C=O) groups excluding carboxylic acids is 2. The zero-order valence-corrected chi connectivity index (χ0v) is 7.65. The van der Waals surface area contributed by atoms with Crippen LogP contribution in [-0.4, -0.2) is 24.8 Å². The Morgan fingerprint density at radius 3 is 2.73 bits per heavy atom. The summed E-state index contributed by atoms with van der Waals surface area (Å²) in [5, 5.41) is 6.78. The summed E-state index contributed by atoms with van der Waals surface area (Å²) < 4.78 is 9.51. The first kappa shape index (κ1) is 9.39. The monoisotopic (exact) mass is 205 g/mol. The second kappa shape index (κ2) is 3.53. The van der Waals surface area contributed by atoms with Gasteiger partial charge in [0.05, 0.1) is 11.1 Å². The molecule has 1 aliphatic heterocycles. The molecule has 0 saturated heterocycles. The molecular weight excluding hydrogens is 198 g/mol. The maximum atomic E-state index is 11.2. The van der Waals surface area contributed by atoms with Gasteiger partial charge in [-0.2, -0.15) is 0 Å². The Hall–Kier alpha value is -2.17. The number of esters is 2. The predicted molar refractivity (Wildman–Crippen MR) is 50.5 cm³/mol. The number of nitrogens with one attached hydrogen (secondary N) is 1. The van der Waals surface area contributed by atoms with Gasteiger partial charge in [0.1, 0.15) is 12.4 Å². The molecular formula is C10H7NO4. The molecule has 0 amide bonds. The third-order valence-electron chi connectivity index (χ3n) is 1.95. The van der Waals surface area contributed by atoms with Crippen LogP contribution in [0, 0.1) is 5.41 Å². The minimum atomic E-state index is -0.657. The molecule has 1 heterocycles. The molecule has 5 heteroatoms. The molecule has 0 radical (unpaired) electrons. The summed E-state index contributed by atoms with van der Waals surface area (Å²) in [5.41, 5.74) is 0.463. The van der Waals surface area contributed by atoms with Gasteiger partial charge in [-0.25, -0.2) is 9.59 Å². The first-order valence-corrected chi connectivity index (χ1v) is 4.24. The van der Waals surface area contributed by atoms with E-state index in [0.29, 0.717) is 5.75 Å². The lowest BCUT2D eigenvalue weighted by molar-refractivity contribution is 0.0443. The molecule has 0 spiro atoms. The maximum Gasteiger partial charge on any atom is 0.347 e. The molecule has 2 rings (SSSR count). The molecule has 0 fully saturated rings. The highest BCUT2D eigenvalue weighted by atomic mass is 16.6. The van der Waals surface area contributed by atoms with Crippen LogP contribution in [0.5, 0.6) is 5.75 Å². The smallest absolute Gasteiger partial charge is 0.347 e. The lowest BCUT2D eigenvalue weighted by Gasteiger charge is -2.02. The molecule has 0 saturated carbocycles. The number of fused-ring (bicyclic) bond motifs is 1. The molecule has 1 aliphatic rings. The minimum Gasteiger partial charge on any atom is -0.488 e. The van der Waals surface area contributed by atoms with Crippen molar-refractivity contribution in [1.82, 2.24) is 0 Å². The van der Waals surface area contributed by atoms with Crippen LogP contribution >= 0.6 is 0 Å². The number of ether oxygens (including phenoxy) is 2. The summed E-state index contributed by atoms with van der Waals surface area (Å²) in [4.78, 5) is 22.2. The van der Waals surface area contributed by atoms with Crippen LogP contribution in [0.4, 0.5) is 0 Å². The van der Waals surface area contributed by atoms with Gasteiger partial charge in [0, 0.05) is 6.21 Å². The summed E-state index contributed by atoms with van der Waals surface area (Å²) in [5.74, 6) is -0.854. The fourth-order valence-corrected chi connectivity index (χ4v) is 1.29. The van der Waals surface area contributed by atoms with Crippen molar-refractivity contribution < 1.29 is 19.1 Å². The van der Waals surface area contributed by atoms with Crippen LogP contribution in [0.1, 0.15) is 20.7 Å². The SMILES string of the molecule is N=CCOc1ccc2c(c1)C(=O)OC2=O. The van der Waals surface area contributed by atoms with Crippen LogP contribution in [-0.2, 0) is 4.74 Å². The van der Waals surface area contributed by atoms with E-state index in [1.807, 2.05) is 0 Å². The average Bonchev–Trinajstić information content (AvgIpc) is 2.52. The van der Waals surface area contributed by atoms with Gasteiger partial charge in [-0.1, -0.05) is 0 Å². The molecule has 76 valence electrons. The van der Waals surface area contributed by atoms with E-state index in [1.54, 1.807) is 6.07 Å². The van der Waals surface area contributed by atoms with Gasteiger partial charge in [0.15, 0.2) is 0 Å². The van der Waals surface area contributed by atoms with Crippen molar-refractivity contribution >= 4 is 18.2 Å². The number of hydrogen-bond donors (Lipinski definition) is 1. The van der Waals surface area contributed by atoms with E-state index in [4.69, 9.17) is 10.1 Å². The molecule has 0 aromatic heterocycles. The molecule has 0 bridgehead atoms. The lowest BCUT2D eigenvalue weighted by atomic mass is 10.1. The van der Waals surface area contributed by atoms with Crippen LogP contribution in [0.25, 0.3) is 0 Å². The number of cyclic esters (lactones) is 2. The molecule has 1 aromatic carbocycles. The fourth-order valence-electron chi connectivity index (χ4n) is 1.29. The number of rotatable bonds is 3. The van der Waals surface area contributed by atoms with Crippen molar-refractivity contribution in [3.8, 4) is 5.75 Å². The first-order valence-electron chi connectivity index (χ1n) is 4.24. The molecule has 0 unspecified atom stereocenters.